The Morgan fingerprint density at radius 3 is 2.54 bits per heavy atom. The SMILES string of the molecule is CCOc1cccc(C(N)(N)N)c1. The Kier molecular flexibility index (Phi) is 2.87. The summed E-state index contributed by atoms with van der Waals surface area (Å²) in [6.07, 6.45) is 0. The van der Waals surface area contributed by atoms with Crippen LogP contribution >= 0.6 is 0 Å². The topological polar surface area (TPSA) is 87.3 Å². The number of hydrogen-bond acceptors (Lipinski definition) is 4. The van der Waals surface area contributed by atoms with Crippen molar-refractivity contribution in [2.75, 3.05) is 6.61 Å². The molecule has 4 nitrogen and oxygen atoms in total. The van der Waals surface area contributed by atoms with E-state index in [1.165, 1.54) is 0 Å². The van der Waals surface area contributed by atoms with E-state index in [0.29, 0.717) is 12.2 Å². The number of rotatable bonds is 3. The highest BCUT2D eigenvalue weighted by Gasteiger charge is 2.15. The van der Waals surface area contributed by atoms with Crippen LogP contribution in [0.3, 0.4) is 0 Å². The molecule has 0 aliphatic rings. The largest absolute Gasteiger partial charge is 0.494 e. The Bertz CT molecular complexity index is 280. The zero-order valence-corrected chi connectivity index (χ0v) is 7.66. The van der Waals surface area contributed by atoms with Crippen molar-refractivity contribution in [2.45, 2.75) is 12.7 Å². The smallest absolute Gasteiger partial charge is 0.143 e. The van der Waals surface area contributed by atoms with Crippen LogP contribution in [0, 0.1) is 0 Å². The van der Waals surface area contributed by atoms with E-state index in [0.717, 1.165) is 5.75 Å². The van der Waals surface area contributed by atoms with E-state index >= 15 is 0 Å². The fourth-order valence-electron chi connectivity index (χ4n) is 1.02. The van der Waals surface area contributed by atoms with E-state index < -0.39 is 5.79 Å². The van der Waals surface area contributed by atoms with Gasteiger partial charge < -0.3 is 4.74 Å². The molecule has 0 radical (unpaired) electrons. The lowest BCUT2D eigenvalue weighted by Gasteiger charge is -2.19. The Morgan fingerprint density at radius 2 is 2.00 bits per heavy atom. The van der Waals surface area contributed by atoms with E-state index in [1.54, 1.807) is 12.1 Å². The van der Waals surface area contributed by atoms with E-state index in [1.807, 2.05) is 19.1 Å². The predicted octanol–water partition coefficient (Wildman–Crippen LogP) is 0.0717. The lowest BCUT2D eigenvalue weighted by Crippen LogP contribution is -2.54. The van der Waals surface area contributed by atoms with Gasteiger partial charge in [0, 0.05) is 5.56 Å². The summed E-state index contributed by atoms with van der Waals surface area (Å²) in [5.41, 5.74) is 17.2. The summed E-state index contributed by atoms with van der Waals surface area (Å²) in [4.78, 5) is 0. The number of benzene rings is 1. The first-order valence-corrected chi connectivity index (χ1v) is 4.14. The molecule has 0 saturated carbocycles. The van der Waals surface area contributed by atoms with Crippen LogP contribution in [0.5, 0.6) is 5.75 Å². The van der Waals surface area contributed by atoms with Crippen molar-refractivity contribution in [2.24, 2.45) is 17.2 Å². The first-order valence-electron chi connectivity index (χ1n) is 4.14. The summed E-state index contributed by atoms with van der Waals surface area (Å²) < 4.78 is 5.28. The second-order valence-corrected chi connectivity index (χ2v) is 2.89. The normalized spacial score (nSPS) is 11.4. The maximum atomic E-state index is 5.52. The number of ether oxygens (including phenoxy) is 1. The van der Waals surface area contributed by atoms with Crippen molar-refractivity contribution in [3.05, 3.63) is 29.8 Å². The van der Waals surface area contributed by atoms with Crippen LogP contribution in [0.15, 0.2) is 24.3 Å². The predicted molar refractivity (Wildman–Crippen MR) is 51.9 cm³/mol. The van der Waals surface area contributed by atoms with Gasteiger partial charge in [-0.1, -0.05) is 12.1 Å². The molecule has 0 spiro atoms. The second-order valence-electron chi connectivity index (χ2n) is 2.89. The summed E-state index contributed by atoms with van der Waals surface area (Å²) >= 11 is 0. The van der Waals surface area contributed by atoms with Gasteiger partial charge in [0.05, 0.1) is 6.61 Å². The van der Waals surface area contributed by atoms with Crippen molar-refractivity contribution in [3.63, 3.8) is 0 Å². The lowest BCUT2D eigenvalue weighted by atomic mass is 10.1. The molecule has 0 heterocycles. The third kappa shape index (κ3) is 2.69. The van der Waals surface area contributed by atoms with Crippen molar-refractivity contribution in [1.29, 1.82) is 0 Å². The van der Waals surface area contributed by atoms with Gasteiger partial charge in [0.1, 0.15) is 11.5 Å². The maximum absolute atomic E-state index is 5.52. The van der Waals surface area contributed by atoms with Crippen LogP contribution in [0.25, 0.3) is 0 Å². The Hall–Kier alpha value is -1.10. The first kappa shape index (κ1) is 9.98. The van der Waals surface area contributed by atoms with Crippen LogP contribution in [-0.4, -0.2) is 6.61 Å². The van der Waals surface area contributed by atoms with Crippen molar-refractivity contribution in [1.82, 2.24) is 0 Å². The van der Waals surface area contributed by atoms with E-state index in [9.17, 15) is 0 Å². The highest BCUT2D eigenvalue weighted by Crippen LogP contribution is 2.16. The molecule has 6 N–H and O–H groups in total. The maximum Gasteiger partial charge on any atom is 0.143 e. The van der Waals surface area contributed by atoms with Gasteiger partial charge in [0.15, 0.2) is 0 Å². The molecule has 0 unspecified atom stereocenters. The molecular formula is C9H15N3O. The monoisotopic (exact) mass is 181 g/mol. The molecule has 13 heavy (non-hydrogen) atoms. The minimum absolute atomic E-state index is 0.607. The van der Waals surface area contributed by atoms with Crippen LogP contribution in [0.4, 0.5) is 0 Å². The summed E-state index contributed by atoms with van der Waals surface area (Å²) in [6, 6.07) is 7.15. The third-order valence-electron chi connectivity index (χ3n) is 1.65. The lowest BCUT2D eigenvalue weighted by molar-refractivity contribution is 0.338. The van der Waals surface area contributed by atoms with Crippen molar-refractivity contribution >= 4 is 0 Å². The summed E-state index contributed by atoms with van der Waals surface area (Å²) in [5.74, 6) is -0.571. The number of hydrogen-bond donors (Lipinski definition) is 3. The molecule has 1 aromatic carbocycles. The minimum Gasteiger partial charge on any atom is -0.494 e. The Morgan fingerprint density at radius 1 is 1.31 bits per heavy atom. The fourth-order valence-corrected chi connectivity index (χ4v) is 1.02. The summed E-state index contributed by atoms with van der Waals surface area (Å²) in [6.45, 7) is 2.52. The van der Waals surface area contributed by atoms with Gasteiger partial charge in [0.2, 0.25) is 0 Å². The molecule has 0 aromatic heterocycles. The molecule has 0 atom stereocenters. The second kappa shape index (κ2) is 3.74. The van der Waals surface area contributed by atoms with Gasteiger partial charge in [-0.2, -0.15) is 0 Å². The van der Waals surface area contributed by atoms with Crippen LogP contribution in [0.1, 0.15) is 12.5 Å². The molecule has 1 aromatic rings. The molecular weight excluding hydrogens is 166 g/mol. The molecule has 0 fully saturated rings. The molecule has 0 saturated heterocycles. The zero-order valence-electron chi connectivity index (χ0n) is 7.66. The quantitative estimate of drug-likeness (QED) is 0.576. The van der Waals surface area contributed by atoms with Crippen LogP contribution in [-0.2, 0) is 5.79 Å². The van der Waals surface area contributed by atoms with Crippen LogP contribution < -0.4 is 21.9 Å². The number of nitrogens with two attached hydrogens (primary N) is 3. The third-order valence-corrected chi connectivity index (χ3v) is 1.65. The average Bonchev–Trinajstić information content (AvgIpc) is 2.04. The average molecular weight is 181 g/mol. The minimum atomic E-state index is -1.30. The molecule has 0 bridgehead atoms. The fraction of sp³-hybridized carbons (Fsp3) is 0.333. The molecule has 72 valence electrons. The van der Waals surface area contributed by atoms with E-state index in [-0.39, 0.29) is 0 Å². The van der Waals surface area contributed by atoms with Gasteiger partial charge in [0.25, 0.3) is 0 Å². The van der Waals surface area contributed by atoms with Crippen LogP contribution in [0.2, 0.25) is 0 Å². The summed E-state index contributed by atoms with van der Waals surface area (Å²) in [7, 11) is 0. The standard InChI is InChI=1S/C9H15N3O/c1-2-13-8-5-3-4-7(6-8)9(10,11)12/h3-6H,2,10-12H2,1H3. The van der Waals surface area contributed by atoms with E-state index in [4.69, 9.17) is 21.9 Å². The van der Waals surface area contributed by atoms with E-state index in [2.05, 4.69) is 0 Å². The molecule has 0 aliphatic carbocycles. The molecule has 0 aliphatic heterocycles. The Balaban J connectivity index is 2.92. The van der Waals surface area contributed by atoms with Crippen molar-refractivity contribution < 1.29 is 4.74 Å². The zero-order chi connectivity index (χ0) is 9.90. The molecule has 1 rings (SSSR count). The Labute approximate surface area is 77.7 Å². The van der Waals surface area contributed by atoms with Gasteiger partial charge in [-0.05, 0) is 19.1 Å². The van der Waals surface area contributed by atoms with Gasteiger partial charge in [-0.15, -0.1) is 0 Å². The highest BCUT2D eigenvalue weighted by atomic mass is 16.5. The van der Waals surface area contributed by atoms with Gasteiger partial charge in [-0.25, -0.2) is 0 Å². The van der Waals surface area contributed by atoms with Gasteiger partial charge >= 0.3 is 0 Å². The van der Waals surface area contributed by atoms with Gasteiger partial charge in [-0.3, -0.25) is 17.2 Å². The first-order chi connectivity index (χ1) is 6.04. The molecule has 4 heteroatoms. The molecule has 0 amide bonds. The summed E-state index contributed by atoms with van der Waals surface area (Å²) in [5, 5.41) is 0. The highest BCUT2D eigenvalue weighted by molar-refractivity contribution is 5.31. The van der Waals surface area contributed by atoms with Crippen molar-refractivity contribution in [3.8, 4) is 5.75 Å².